The van der Waals surface area contributed by atoms with E-state index in [4.69, 9.17) is 4.42 Å². The van der Waals surface area contributed by atoms with Crippen LogP contribution in [0.5, 0.6) is 0 Å². The summed E-state index contributed by atoms with van der Waals surface area (Å²) in [7, 11) is 0. The van der Waals surface area contributed by atoms with Crippen molar-refractivity contribution in [2.45, 2.75) is 27.2 Å². The van der Waals surface area contributed by atoms with Gasteiger partial charge in [0.1, 0.15) is 5.76 Å². The monoisotopic (exact) mass is 350 g/mol. The van der Waals surface area contributed by atoms with Gasteiger partial charge in [0.25, 0.3) is 0 Å². The summed E-state index contributed by atoms with van der Waals surface area (Å²) >= 11 is 3.43. The van der Waals surface area contributed by atoms with Crippen LogP contribution in [0, 0.1) is 12.8 Å². The Balaban J connectivity index is 2.11. The van der Waals surface area contributed by atoms with Crippen LogP contribution in [0.25, 0.3) is 11.5 Å². The molecule has 4 nitrogen and oxygen atoms in total. The van der Waals surface area contributed by atoms with Crippen molar-refractivity contribution in [3.05, 3.63) is 40.2 Å². The summed E-state index contributed by atoms with van der Waals surface area (Å²) in [5.41, 5.74) is 1.58. The Labute approximate surface area is 133 Å². The van der Waals surface area contributed by atoms with Crippen molar-refractivity contribution in [1.82, 2.24) is 10.3 Å². The van der Waals surface area contributed by atoms with Crippen LogP contribution in [0.3, 0.4) is 0 Å². The molecule has 1 amide bonds. The molecule has 0 aliphatic rings. The van der Waals surface area contributed by atoms with Gasteiger partial charge in [0.05, 0.1) is 12.1 Å². The summed E-state index contributed by atoms with van der Waals surface area (Å²) in [6.07, 6.45) is 0.246. The number of carbonyl (C=O) groups is 1. The molecule has 0 saturated heterocycles. The lowest BCUT2D eigenvalue weighted by Crippen LogP contribution is -2.28. The molecule has 5 heteroatoms. The van der Waals surface area contributed by atoms with Crippen molar-refractivity contribution in [1.29, 1.82) is 0 Å². The summed E-state index contributed by atoms with van der Waals surface area (Å²) in [4.78, 5) is 16.3. The molecule has 0 spiro atoms. The van der Waals surface area contributed by atoms with E-state index in [2.05, 4.69) is 40.1 Å². The molecule has 112 valence electrons. The minimum absolute atomic E-state index is 0.0270. The van der Waals surface area contributed by atoms with Crippen LogP contribution in [-0.2, 0) is 11.2 Å². The number of hydrogen-bond acceptors (Lipinski definition) is 3. The van der Waals surface area contributed by atoms with E-state index in [9.17, 15) is 4.79 Å². The van der Waals surface area contributed by atoms with Crippen LogP contribution in [0.15, 0.2) is 33.2 Å². The molecule has 2 rings (SSSR count). The van der Waals surface area contributed by atoms with Gasteiger partial charge in [-0.3, -0.25) is 4.79 Å². The Hall–Kier alpha value is -1.62. The summed E-state index contributed by atoms with van der Waals surface area (Å²) in [6, 6.07) is 7.74. The Morgan fingerprint density at radius 1 is 1.43 bits per heavy atom. The zero-order chi connectivity index (χ0) is 15.4. The van der Waals surface area contributed by atoms with Gasteiger partial charge in [-0.15, -0.1) is 0 Å². The molecular weight excluding hydrogens is 332 g/mol. The van der Waals surface area contributed by atoms with Crippen molar-refractivity contribution in [3.63, 3.8) is 0 Å². The number of halogens is 1. The first kappa shape index (κ1) is 15.8. The number of hydrogen-bond donors (Lipinski definition) is 1. The molecule has 21 heavy (non-hydrogen) atoms. The van der Waals surface area contributed by atoms with E-state index in [1.807, 2.05) is 31.2 Å². The number of rotatable bonds is 5. The third-order valence-electron chi connectivity index (χ3n) is 3.00. The van der Waals surface area contributed by atoms with Crippen molar-refractivity contribution < 1.29 is 9.21 Å². The maximum atomic E-state index is 11.9. The van der Waals surface area contributed by atoms with Gasteiger partial charge in [-0.05, 0) is 31.0 Å². The summed E-state index contributed by atoms with van der Waals surface area (Å²) < 4.78 is 6.64. The number of amides is 1. The summed E-state index contributed by atoms with van der Waals surface area (Å²) in [5, 5.41) is 2.89. The highest BCUT2D eigenvalue weighted by molar-refractivity contribution is 9.10. The fourth-order valence-electron chi connectivity index (χ4n) is 1.87. The number of nitrogens with zero attached hydrogens (tertiary/aromatic N) is 1. The van der Waals surface area contributed by atoms with Gasteiger partial charge in [-0.2, -0.15) is 0 Å². The van der Waals surface area contributed by atoms with E-state index in [1.165, 1.54) is 0 Å². The second-order valence-corrected chi connectivity index (χ2v) is 6.32. The molecule has 0 aliphatic carbocycles. The van der Waals surface area contributed by atoms with Crippen LogP contribution >= 0.6 is 15.9 Å². The number of aryl methyl sites for hydroxylation is 1. The van der Waals surface area contributed by atoms with E-state index in [0.717, 1.165) is 10.0 Å². The standard InChI is InChI=1S/C16H19BrN2O2/c1-10(2)9-18-15(20)8-14-11(3)21-16(19-14)12-5-4-6-13(17)7-12/h4-7,10H,8-9H2,1-3H3,(H,18,20). The normalized spacial score (nSPS) is 10.9. The number of benzene rings is 1. The fraction of sp³-hybridized carbons (Fsp3) is 0.375. The summed E-state index contributed by atoms with van der Waals surface area (Å²) in [6.45, 7) is 6.63. The van der Waals surface area contributed by atoms with E-state index < -0.39 is 0 Å². The zero-order valence-electron chi connectivity index (χ0n) is 12.4. The second kappa shape index (κ2) is 6.89. The highest BCUT2D eigenvalue weighted by atomic mass is 79.9. The molecule has 0 saturated carbocycles. The Morgan fingerprint density at radius 3 is 2.86 bits per heavy atom. The average Bonchev–Trinajstić information content (AvgIpc) is 2.78. The number of nitrogens with one attached hydrogen (secondary N) is 1. The van der Waals surface area contributed by atoms with Gasteiger partial charge in [-0.25, -0.2) is 4.98 Å². The maximum absolute atomic E-state index is 11.9. The molecule has 1 aromatic carbocycles. The molecule has 0 radical (unpaired) electrons. The predicted octanol–water partition coefficient (Wildman–Crippen LogP) is 3.73. The third kappa shape index (κ3) is 4.43. The lowest BCUT2D eigenvalue weighted by Gasteiger charge is -2.06. The zero-order valence-corrected chi connectivity index (χ0v) is 14.0. The molecular formula is C16H19BrN2O2. The minimum atomic E-state index is -0.0270. The van der Waals surface area contributed by atoms with Gasteiger partial charge in [0.2, 0.25) is 11.8 Å². The smallest absolute Gasteiger partial charge is 0.226 e. The second-order valence-electron chi connectivity index (χ2n) is 5.41. The van der Waals surface area contributed by atoms with Crippen LogP contribution in [-0.4, -0.2) is 17.4 Å². The van der Waals surface area contributed by atoms with E-state index >= 15 is 0 Å². The van der Waals surface area contributed by atoms with E-state index in [-0.39, 0.29) is 12.3 Å². The maximum Gasteiger partial charge on any atom is 0.226 e. The molecule has 0 atom stereocenters. The average molecular weight is 351 g/mol. The van der Waals surface area contributed by atoms with Gasteiger partial charge in [0, 0.05) is 16.6 Å². The highest BCUT2D eigenvalue weighted by Crippen LogP contribution is 2.24. The number of oxazole rings is 1. The number of carbonyl (C=O) groups excluding carboxylic acids is 1. The first-order valence-corrected chi connectivity index (χ1v) is 7.74. The van der Waals surface area contributed by atoms with Crippen LogP contribution < -0.4 is 5.32 Å². The SMILES string of the molecule is Cc1oc(-c2cccc(Br)c2)nc1CC(=O)NCC(C)C. The van der Waals surface area contributed by atoms with Crippen molar-refractivity contribution in [3.8, 4) is 11.5 Å². The van der Waals surface area contributed by atoms with Gasteiger partial charge < -0.3 is 9.73 Å². The topological polar surface area (TPSA) is 55.1 Å². The predicted molar refractivity (Wildman–Crippen MR) is 85.9 cm³/mol. The fourth-order valence-corrected chi connectivity index (χ4v) is 2.27. The molecule has 0 aliphatic heterocycles. The summed E-state index contributed by atoms with van der Waals surface area (Å²) in [5.74, 6) is 1.63. The third-order valence-corrected chi connectivity index (χ3v) is 3.49. The lowest BCUT2D eigenvalue weighted by atomic mass is 10.2. The van der Waals surface area contributed by atoms with Gasteiger partial charge in [-0.1, -0.05) is 35.8 Å². The highest BCUT2D eigenvalue weighted by Gasteiger charge is 2.14. The molecule has 2 aromatic rings. The van der Waals surface area contributed by atoms with Crippen molar-refractivity contribution in [2.75, 3.05) is 6.54 Å². The Morgan fingerprint density at radius 2 is 2.19 bits per heavy atom. The Bertz CT molecular complexity index is 635. The minimum Gasteiger partial charge on any atom is -0.441 e. The molecule has 0 bridgehead atoms. The van der Waals surface area contributed by atoms with E-state index in [0.29, 0.717) is 29.8 Å². The largest absolute Gasteiger partial charge is 0.441 e. The Kier molecular flexibility index (Phi) is 5.17. The number of aromatic nitrogens is 1. The molecule has 1 heterocycles. The molecule has 0 fully saturated rings. The molecule has 1 aromatic heterocycles. The quantitative estimate of drug-likeness (QED) is 0.893. The van der Waals surface area contributed by atoms with Crippen LogP contribution in [0.1, 0.15) is 25.3 Å². The van der Waals surface area contributed by atoms with Gasteiger partial charge in [0.15, 0.2) is 0 Å². The lowest BCUT2D eigenvalue weighted by molar-refractivity contribution is -0.120. The van der Waals surface area contributed by atoms with Crippen molar-refractivity contribution in [2.24, 2.45) is 5.92 Å². The van der Waals surface area contributed by atoms with Crippen molar-refractivity contribution >= 4 is 21.8 Å². The van der Waals surface area contributed by atoms with E-state index in [1.54, 1.807) is 0 Å². The first-order valence-electron chi connectivity index (χ1n) is 6.94. The molecule has 0 unspecified atom stereocenters. The first-order chi connectivity index (χ1) is 9.95. The molecule has 1 N–H and O–H groups in total. The van der Waals surface area contributed by atoms with Crippen LogP contribution in [0.4, 0.5) is 0 Å². The van der Waals surface area contributed by atoms with Gasteiger partial charge >= 0.3 is 0 Å². The van der Waals surface area contributed by atoms with Crippen LogP contribution in [0.2, 0.25) is 0 Å².